The number of nitrogens with one attached hydrogen (secondary N) is 1. The van der Waals surface area contributed by atoms with E-state index >= 15 is 0 Å². The molecule has 0 amide bonds. The topological polar surface area (TPSA) is 41.0 Å². The Morgan fingerprint density at radius 3 is 2.40 bits per heavy atom. The summed E-state index contributed by atoms with van der Waals surface area (Å²) in [5.41, 5.74) is 0.165. The summed E-state index contributed by atoms with van der Waals surface area (Å²) in [5.74, 6) is 0.771. The van der Waals surface area contributed by atoms with Gasteiger partial charge in [0.25, 0.3) is 0 Å². The van der Waals surface area contributed by atoms with Crippen LogP contribution in [0.5, 0.6) is 0 Å². The van der Waals surface area contributed by atoms with Crippen LogP contribution in [0.15, 0.2) is 18.5 Å². The standard InChI is InChI=1S/C11H20N4/c1-11(2,3)14-8-9-15(4)10-12-6-5-7-13-10/h5-7,14H,8-9H2,1-4H3. The predicted octanol–water partition coefficient (Wildman–Crippen LogP) is 1.30. The number of rotatable bonds is 4. The van der Waals surface area contributed by atoms with E-state index in [0.29, 0.717) is 0 Å². The van der Waals surface area contributed by atoms with Gasteiger partial charge in [-0.05, 0) is 26.8 Å². The maximum Gasteiger partial charge on any atom is 0.225 e. The first-order valence-corrected chi connectivity index (χ1v) is 5.22. The van der Waals surface area contributed by atoms with Gasteiger partial charge in [-0.1, -0.05) is 0 Å². The fourth-order valence-electron chi connectivity index (χ4n) is 1.19. The molecular weight excluding hydrogens is 188 g/mol. The summed E-state index contributed by atoms with van der Waals surface area (Å²) in [6.07, 6.45) is 3.52. The molecule has 0 radical (unpaired) electrons. The molecule has 4 nitrogen and oxygen atoms in total. The molecule has 1 N–H and O–H groups in total. The van der Waals surface area contributed by atoms with E-state index in [9.17, 15) is 0 Å². The molecule has 0 spiro atoms. The second-order valence-electron chi connectivity index (χ2n) is 4.65. The van der Waals surface area contributed by atoms with Gasteiger partial charge in [-0.15, -0.1) is 0 Å². The monoisotopic (exact) mass is 208 g/mol. The molecule has 0 aliphatic carbocycles. The highest BCUT2D eigenvalue weighted by atomic mass is 15.2. The number of likely N-dealkylation sites (N-methyl/N-ethyl adjacent to an activating group) is 1. The number of hydrogen-bond acceptors (Lipinski definition) is 4. The fourth-order valence-corrected chi connectivity index (χ4v) is 1.19. The number of nitrogens with zero attached hydrogens (tertiary/aromatic N) is 3. The van der Waals surface area contributed by atoms with Crippen molar-refractivity contribution in [3.05, 3.63) is 18.5 Å². The van der Waals surface area contributed by atoms with Crippen molar-refractivity contribution >= 4 is 5.95 Å². The van der Waals surface area contributed by atoms with E-state index in [0.717, 1.165) is 19.0 Å². The van der Waals surface area contributed by atoms with Crippen molar-refractivity contribution < 1.29 is 0 Å². The van der Waals surface area contributed by atoms with Crippen LogP contribution in [0.3, 0.4) is 0 Å². The zero-order valence-corrected chi connectivity index (χ0v) is 9.99. The predicted molar refractivity (Wildman–Crippen MR) is 63.1 cm³/mol. The first kappa shape index (κ1) is 11.9. The van der Waals surface area contributed by atoms with Gasteiger partial charge in [0, 0.05) is 38.1 Å². The van der Waals surface area contributed by atoms with E-state index in [4.69, 9.17) is 0 Å². The van der Waals surface area contributed by atoms with Crippen molar-refractivity contribution in [2.45, 2.75) is 26.3 Å². The Bertz CT molecular complexity index is 278. The van der Waals surface area contributed by atoms with Crippen LogP contribution in [0.1, 0.15) is 20.8 Å². The summed E-state index contributed by atoms with van der Waals surface area (Å²) in [6, 6.07) is 1.82. The minimum atomic E-state index is 0.165. The van der Waals surface area contributed by atoms with Gasteiger partial charge < -0.3 is 10.2 Å². The van der Waals surface area contributed by atoms with E-state index in [2.05, 4.69) is 36.1 Å². The minimum absolute atomic E-state index is 0.165. The van der Waals surface area contributed by atoms with Crippen LogP contribution in [0, 0.1) is 0 Å². The van der Waals surface area contributed by atoms with E-state index in [1.165, 1.54) is 0 Å². The third-order valence-corrected chi connectivity index (χ3v) is 2.00. The van der Waals surface area contributed by atoms with Crippen molar-refractivity contribution in [1.82, 2.24) is 15.3 Å². The van der Waals surface area contributed by atoms with Gasteiger partial charge in [-0.2, -0.15) is 0 Å². The largest absolute Gasteiger partial charge is 0.343 e. The maximum absolute atomic E-state index is 4.18. The summed E-state index contributed by atoms with van der Waals surface area (Å²) >= 11 is 0. The highest BCUT2D eigenvalue weighted by molar-refractivity contribution is 5.26. The Balaban J connectivity index is 2.34. The Labute approximate surface area is 91.7 Å². The van der Waals surface area contributed by atoms with E-state index in [1.807, 2.05) is 18.0 Å². The molecule has 1 aromatic rings. The molecule has 0 bridgehead atoms. The van der Waals surface area contributed by atoms with Crippen LogP contribution in [-0.2, 0) is 0 Å². The van der Waals surface area contributed by atoms with Crippen LogP contribution >= 0.6 is 0 Å². The molecule has 0 saturated heterocycles. The Hall–Kier alpha value is -1.16. The number of anilines is 1. The molecule has 0 fully saturated rings. The lowest BCUT2D eigenvalue weighted by molar-refractivity contribution is 0.430. The number of aromatic nitrogens is 2. The van der Waals surface area contributed by atoms with Crippen LogP contribution in [-0.4, -0.2) is 35.6 Å². The SMILES string of the molecule is CN(CCNC(C)(C)C)c1ncccn1. The lowest BCUT2D eigenvalue weighted by Crippen LogP contribution is -2.40. The normalized spacial score (nSPS) is 11.5. The summed E-state index contributed by atoms with van der Waals surface area (Å²) in [5, 5.41) is 3.43. The Morgan fingerprint density at radius 1 is 1.27 bits per heavy atom. The Morgan fingerprint density at radius 2 is 1.87 bits per heavy atom. The summed E-state index contributed by atoms with van der Waals surface area (Å²) in [4.78, 5) is 10.4. The molecule has 1 rings (SSSR count). The fraction of sp³-hybridized carbons (Fsp3) is 0.636. The average Bonchev–Trinajstić information content (AvgIpc) is 2.17. The van der Waals surface area contributed by atoms with Crippen LogP contribution < -0.4 is 10.2 Å². The highest BCUT2D eigenvalue weighted by Gasteiger charge is 2.09. The van der Waals surface area contributed by atoms with Gasteiger partial charge in [0.15, 0.2) is 0 Å². The van der Waals surface area contributed by atoms with Gasteiger partial charge in [-0.25, -0.2) is 9.97 Å². The van der Waals surface area contributed by atoms with Crippen molar-refractivity contribution in [2.75, 3.05) is 25.0 Å². The number of hydrogen-bond donors (Lipinski definition) is 1. The first-order chi connectivity index (χ1) is 6.99. The lowest BCUT2D eigenvalue weighted by atomic mass is 10.1. The molecule has 0 aliphatic rings. The second-order valence-corrected chi connectivity index (χ2v) is 4.65. The third kappa shape index (κ3) is 4.74. The molecule has 1 aromatic heterocycles. The van der Waals surface area contributed by atoms with Crippen LogP contribution in [0.4, 0.5) is 5.95 Å². The van der Waals surface area contributed by atoms with Crippen molar-refractivity contribution in [2.24, 2.45) is 0 Å². The van der Waals surface area contributed by atoms with Crippen LogP contribution in [0.2, 0.25) is 0 Å². The summed E-state index contributed by atoms with van der Waals surface area (Å²) in [7, 11) is 2.00. The molecule has 0 saturated carbocycles. The van der Waals surface area contributed by atoms with Gasteiger partial charge in [0.2, 0.25) is 5.95 Å². The Kier molecular flexibility index (Phi) is 4.03. The van der Waals surface area contributed by atoms with Gasteiger partial charge >= 0.3 is 0 Å². The molecule has 1 heterocycles. The second kappa shape index (κ2) is 5.07. The molecule has 84 valence electrons. The minimum Gasteiger partial charge on any atom is -0.343 e. The lowest BCUT2D eigenvalue weighted by Gasteiger charge is -2.23. The van der Waals surface area contributed by atoms with Crippen molar-refractivity contribution in [3.63, 3.8) is 0 Å². The molecule has 0 aromatic carbocycles. The molecule has 0 atom stereocenters. The zero-order valence-electron chi connectivity index (χ0n) is 9.99. The molecule has 0 aliphatic heterocycles. The smallest absolute Gasteiger partial charge is 0.225 e. The quantitative estimate of drug-likeness (QED) is 0.810. The average molecular weight is 208 g/mol. The molecule has 4 heteroatoms. The van der Waals surface area contributed by atoms with Crippen molar-refractivity contribution in [1.29, 1.82) is 0 Å². The zero-order chi connectivity index (χ0) is 11.3. The highest BCUT2D eigenvalue weighted by Crippen LogP contribution is 2.02. The molecule has 0 unspecified atom stereocenters. The van der Waals surface area contributed by atoms with E-state index in [1.54, 1.807) is 12.4 Å². The van der Waals surface area contributed by atoms with Gasteiger partial charge in [0.05, 0.1) is 0 Å². The summed E-state index contributed by atoms with van der Waals surface area (Å²) in [6.45, 7) is 8.31. The third-order valence-electron chi connectivity index (χ3n) is 2.00. The molecular formula is C11H20N4. The van der Waals surface area contributed by atoms with Crippen molar-refractivity contribution in [3.8, 4) is 0 Å². The van der Waals surface area contributed by atoms with Gasteiger partial charge in [-0.3, -0.25) is 0 Å². The van der Waals surface area contributed by atoms with E-state index in [-0.39, 0.29) is 5.54 Å². The summed E-state index contributed by atoms with van der Waals surface area (Å²) < 4.78 is 0. The van der Waals surface area contributed by atoms with E-state index < -0.39 is 0 Å². The first-order valence-electron chi connectivity index (χ1n) is 5.22. The molecule has 15 heavy (non-hydrogen) atoms. The maximum atomic E-state index is 4.18. The van der Waals surface area contributed by atoms with Crippen LogP contribution in [0.25, 0.3) is 0 Å². The van der Waals surface area contributed by atoms with Gasteiger partial charge in [0.1, 0.15) is 0 Å².